The molecule has 0 bridgehead atoms. The Morgan fingerprint density at radius 2 is 1.82 bits per heavy atom. The van der Waals surface area contributed by atoms with E-state index in [-0.39, 0.29) is 5.91 Å². The average Bonchev–Trinajstić information content (AvgIpc) is 2.59. The van der Waals surface area contributed by atoms with E-state index in [2.05, 4.69) is 22.0 Å². The first kappa shape index (κ1) is 16.9. The van der Waals surface area contributed by atoms with Gasteiger partial charge in [0.1, 0.15) is 0 Å². The fourth-order valence-corrected chi connectivity index (χ4v) is 2.73. The van der Waals surface area contributed by atoms with Crippen LogP contribution in [0.5, 0.6) is 0 Å². The van der Waals surface area contributed by atoms with Gasteiger partial charge in [-0.15, -0.1) is 0 Å². The van der Waals surface area contributed by atoms with Crippen molar-refractivity contribution in [2.45, 2.75) is 19.4 Å². The minimum Gasteiger partial charge on any atom is -0.378 e. The number of hydrogen-bond acceptors (Lipinski definition) is 4. The van der Waals surface area contributed by atoms with Gasteiger partial charge in [-0.1, -0.05) is 37.3 Å². The largest absolute Gasteiger partial charge is 0.378 e. The number of hydrogen-bond donors (Lipinski definition) is 2. The van der Waals surface area contributed by atoms with Gasteiger partial charge < -0.3 is 20.2 Å². The lowest BCUT2D eigenvalue weighted by Crippen LogP contribution is -2.46. The Labute approximate surface area is 132 Å². The second kappa shape index (κ2) is 8.88. The monoisotopic (exact) mass is 305 g/mol. The zero-order valence-electron chi connectivity index (χ0n) is 13.4. The number of aliphatic hydroxyl groups excluding tert-OH is 1. The summed E-state index contributed by atoms with van der Waals surface area (Å²) in [6.45, 7) is 9.41. The highest BCUT2D eigenvalue weighted by atomic mass is 16.3. The third-order valence-corrected chi connectivity index (χ3v) is 4.23. The van der Waals surface area contributed by atoms with E-state index in [1.165, 1.54) is 0 Å². The third-order valence-electron chi connectivity index (χ3n) is 4.23. The fraction of sp³-hybridized carbons (Fsp3) is 0.588. The van der Waals surface area contributed by atoms with Gasteiger partial charge in [-0.3, -0.25) is 4.79 Å². The predicted octanol–water partition coefficient (Wildman–Crippen LogP) is 0.864. The molecule has 5 heteroatoms. The van der Waals surface area contributed by atoms with E-state index in [1.807, 2.05) is 18.2 Å². The lowest BCUT2D eigenvalue weighted by atomic mass is 10.1. The van der Waals surface area contributed by atoms with E-state index >= 15 is 0 Å². The van der Waals surface area contributed by atoms with Crippen molar-refractivity contribution in [3.05, 3.63) is 35.9 Å². The van der Waals surface area contributed by atoms with Gasteiger partial charge in [-0.05, 0) is 25.1 Å². The summed E-state index contributed by atoms with van der Waals surface area (Å²) in [5.41, 5.74) is 0.635. The molecule has 1 unspecified atom stereocenters. The summed E-state index contributed by atoms with van der Waals surface area (Å²) in [6.07, 6.45) is -0.159. The van der Waals surface area contributed by atoms with Crippen LogP contribution in [0.2, 0.25) is 0 Å². The van der Waals surface area contributed by atoms with E-state index in [0.29, 0.717) is 12.1 Å². The standard InChI is InChI=1S/C17H27N3O2/c1-2-19-11-13-20(14-12-19)10-6-9-18-17(22)16(21)15-7-4-3-5-8-15/h3-5,7-8,16,21H,2,6,9-14H2,1H3,(H,18,22). The van der Waals surface area contributed by atoms with Crippen LogP contribution in [0.3, 0.4) is 0 Å². The Morgan fingerprint density at radius 1 is 1.18 bits per heavy atom. The Hall–Kier alpha value is -1.43. The molecule has 0 saturated carbocycles. The first-order valence-corrected chi connectivity index (χ1v) is 8.16. The lowest BCUT2D eigenvalue weighted by molar-refractivity contribution is -0.129. The van der Waals surface area contributed by atoms with Gasteiger partial charge in [-0.25, -0.2) is 0 Å². The molecule has 0 radical (unpaired) electrons. The van der Waals surface area contributed by atoms with E-state index in [4.69, 9.17) is 0 Å². The lowest BCUT2D eigenvalue weighted by Gasteiger charge is -2.34. The molecule has 0 aromatic heterocycles. The first-order valence-electron chi connectivity index (χ1n) is 8.16. The van der Waals surface area contributed by atoms with Gasteiger partial charge >= 0.3 is 0 Å². The number of aliphatic hydroxyl groups is 1. The molecule has 122 valence electrons. The quantitative estimate of drug-likeness (QED) is 0.734. The van der Waals surface area contributed by atoms with Gasteiger partial charge in [0.05, 0.1) is 0 Å². The molecule has 1 heterocycles. The fourth-order valence-electron chi connectivity index (χ4n) is 2.73. The van der Waals surface area contributed by atoms with Crippen molar-refractivity contribution in [2.75, 3.05) is 45.8 Å². The predicted molar refractivity (Wildman–Crippen MR) is 87.6 cm³/mol. The van der Waals surface area contributed by atoms with Crippen molar-refractivity contribution in [3.8, 4) is 0 Å². The molecular weight excluding hydrogens is 278 g/mol. The highest BCUT2D eigenvalue weighted by Crippen LogP contribution is 2.11. The molecule has 1 aromatic carbocycles. The summed E-state index contributed by atoms with van der Waals surface area (Å²) in [5, 5.41) is 12.8. The number of nitrogens with one attached hydrogen (secondary N) is 1. The number of rotatable bonds is 7. The Kier molecular flexibility index (Phi) is 6.83. The van der Waals surface area contributed by atoms with Gasteiger partial charge in [0.2, 0.25) is 0 Å². The summed E-state index contributed by atoms with van der Waals surface area (Å²) in [5.74, 6) is -0.318. The Balaban J connectivity index is 1.61. The average molecular weight is 305 g/mol. The number of piperazine rings is 1. The molecular formula is C17H27N3O2. The van der Waals surface area contributed by atoms with Gasteiger partial charge in [0.15, 0.2) is 6.10 Å². The van der Waals surface area contributed by atoms with Gasteiger partial charge in [-0.2, -0.15) is 0 Å². The SMILES string of the molecule is CCN1CCN(CCCNC(=O)C(O)c2ccccc2)CC1. The maximum absolute atomic E-state index is 11.9. The highest BCUT2D eigenvalue weighted by molar-refractivity contribution is 5.81. The van der Waals surface area contributed by atoms with Gasteiger partial charge in [0.25, 0.3) is 5.91 Å². The molecule has 1 aromatic rings. The van der Waals surface area contributed by atoms with Crippen LogP contribution in [-0.4, -0.2) is 66.6 Å². The number of nitrogens with zero attached hydrogens (tertiary/aromatic N) is 2. The van der Waals surface area contributed by atoms with E-state index in [9.17, 15) is 9.90 Å². The highest BCUT2D eigenvalue weighted by Gasteiger charge is 2.17. The molecule has 1 aliphatic rings. The summed E-state index contributed by atoms with van der Waals surface area (Å²) < 4.78 is 0. The maximum Gasteiger partial charge on any atom is 0.253 e. The van der Waals surface area contributed by atoms with Crippen LogP contribution in [0, 0.1) is 0 Å². The van der Waals surface area contributed by atoms with Crippen molar-refractivity contribution in [2.24, 2.45) is 0 Å². The van der Waals surface area contributed by atoms with Crippen molar-refractivity contribution >= 4 is 5.91 Å². The van der Waals surface area contributed by atoms with Crippen molar-refractivity contribution in [1.82, 2.24) is 15.1 Å². The summed E-state index contributed by atoms with van der Waals surface area (Å²) in [7, 11) is 0. The summed E-state index contributed by atoms with van der Waals surface area (Å²) >= 11 is 0. The molecule has 0 aliphatic carbocycles. The van der Waals surface area contributed by atoms with E-state index in [0.717, 1.165) is 45.7 Å². The number of carbonyl (C=O) groups is 1. The number of benzene rings is 1. The second-order valence-electron chi connectivity index (χ2n) is 5.73. The molecule has 2 rings (SSSR count). The molecule has 5 nitrogen and oxygen atoms in total. The minimum atomic E-state index is -1.07. The molecule has 0 spiro atoms. The maximum atomic E-state index is 11.9. The molecule has 1 fully saturated rings. The summed E-state index contributed by atoms with van der Waals surface area (Å²) in [6, 6.07) is 9.03. The van der Waals surface area contributed by atoms with Crippen LogP contribution in [0.25, 0.3) is 0 Å². The third kappa shape index (κ3) is 5.09. The first-order chi connectivity index (χ1) is 10.7. The second-order valence-corrected chi connectivity index (χ2v) is 5.73. The zero-order valence-corrected chi connectivity index (χ0v) is 13.4. The molecule has 1 saturated heterocycles. The van der Waals surface area contributed by atoms with E-state index < -0.39 is 6.10 Å². The normalized spacial score (nSPS) is 18.1. The molecule has 1 amide bonds. The summed E-state index contributed by atoms with van der Waals surface area (Å²) in [4.78, 5) is 16.8. The topological polar surface area (TPSA) is 55.8 Å². The van der Waals surface area contributed by atoms with Crippen LogP contribution < -0.4 is 5.32 Å². The Morgan fingerprint density at radius 3 is 2.45 bits per heavy atom. The smallest absolute Gasteiger partial charge is 0.253 e. The molecule has 1 atom stereocenters. The number of likely N-dealkylation sites (N-methyl/N-ethyl adjacent to an activating group) is 1. The molecule has 1 aliphatic heterocycles. The van der Waals surface area contributed by atoms with Crippen LogP contribution in [0.15, 0.2) is 30.3 Å². The minimum absolute atomic E-state index is 0.318. The van der Waals surface area contributed by atoms with Crippen molar-refractivity contribution in [1.29, 1.82) is 0 Å². The van der Waals surface area contributed by atoms with Gasteiger partial charge in [0, 0.05) is 32.7 Å². The number of carbonyl (C=O) groups excluding carboxylic acids is 1. The number of amides is 1. The van der Waals surface area contributed by atoms with Crippen LogP contribution in [0.4, 0.5) is 0 Å². The molecule has 2 N–H and O–H groups in total. The molecule has 22 heavy (non-hydrogen) atoms. The van der Waals surface area contributed by atoms with E-state index in [1.54, 1.807) is 12.1 Å². The zero-order chi connectivity index (χ0) is 15.8. The van der Waals surface area contributed by atoms with Crippen LogP contribution in [0.1, 0.15) is 25.0 Å². The van der Waals surface area contributed by atoms with Crippen LogP contribution in [-0.2, 0) is 4.79 Å². The van der Waals surface area contributed by atoms with Crippen molar-refractivity contribution in [3.63, 3.8) is 0 Å². The van der Waals surface area contributed by atoms with Crippen molar-refractivity contribution < 1.29 is 9.90 Å². The van der Waals surface area contributed by atoms with Crippen LogP contribution >= 0.6 is 0 Å². The Bertz CT molecular complexity index is 444.